The normalized spacial score (nSPS) is 17.1. The van der Waals surface area contributed by atoms with Crippen LogP contribution in [0.25, 0.3) is 0 Å². The topological polar surface area (TPSA) is 72.1 Å². The van der Waals surface area contributed by atoms with Crippen LogP contribution in [0.5, 0.6) is 11.5 Å². The summed E-state index contributed by atoms with van der Waals surface area (Å²) in [6.45, 7) is 3.74. The summed E-state index contributed by atoms with van der Waals surface area (Å²) in [4.78, 5) is 6.77. The molecule has 1 aliphatic heterocycles. The van der Waals surface area contributed by atoms with Gasteiger partial charge < -0.3 is 25.4 Å². The predicted molar refractivity (Wildman–Crippen MR) is 93.1 cm³/mol. The van der Waals surface area contributed by atoms with Crippen LogP contribution in [-0.4, -0.2) is 51.8 Å². The van der Waals surface area contributed by atoms with Crippen molar-refractivity contribution in [1.82, 2.24) is 10.2 Å². The van der Waals surface area contributed by atoms with Crippen molar-refractivity contribution in [2.24, 2.45) is 16.6 Å². The van der Waals surface area contributed by atoms with Crippen LogP contribution < -0.4 is 20.5 Å². The van der Waals surface area contributed by atoms with Crippen molar-refractivity contribution in [3.05, 3.63) is 23.8 Å². The lowest BCUT2D eigenvalue weighted by Crippen LogP contribution is -2.39. The van der Waals surface area contributed by atoms with Crippen LogP contribution in [-0.2, 0) is 6.54 Å². The van der Waals surface area contributed by atoms with Crippen LogP contribution in [0.3, 0.4) is 0 Å². The fourth-order valence-corrected chi connectivity index (χ4v) is 2.73. The van der Waals surface area contributed by atoms with Crippen LogP contribution in [0.15, 0.2) is 23.2 Å². The van der Waals surface area contributed by atoms with Gasteiger partial charge in [-0.1, -0.05) is 6.07 Å². The quantitative estimate of drug-likeness (QED) is 0.613. The Bertz CT molecular complexity index is 525. The molecule has 0 aliphatic carbocycles. The molecule has 0 aromatic heterocycles. The smallest absolute Gasteiger partial charge is 0.188 e. The molecular formula is C17H28N4O2. The Hall–Kier alpha value is -1.95. The second-order valence-corrected chi connectivity index (χ2v) is 6.02. The summed E-state index contributed by atoms with van der Waals surface area (Å²) in [6.07, 6.45) is 2.43. The number of ether oxygens (including phenoxy) is 2. The van der Waals surface area contributed by atoms with E-state index in [4.69, 9.17) is 15.2 Å². The first kappa shape index (κ1) is 17.4. The van der Waals surface area contributed by atoms with Gasteiger partial charge in [0.25, 0.3) is 0 Å². The first-order valence-electron chi connectivity index (χ1n) is 8.05. The number of aliphatic imine (C=N–C) groups is 1. The number of hydrogen-bond donors (Lipinski definition) is 2. The molecule has 0 saturated carbocycles. The SMILES string of the molecule is COc1ccc(CN=C(N)NCC2CCN(C)CC2)cc1OC. The first-order valence-corrected chi connectivity index (χ1v) is 8.05. The van der Waals surface area contributed by atoms with Gasteiger partial charge >= 0.3 is 0 Å². The van der Waals surface area contributed by atoms with Crippen molar-refractivity contribution in [1.29, 1.82) is 0 Å². The van der Waals surface area contributed by atoms with Gasteiger partial charge in [-0.05, 0) is 56.6 Å². The predicted octanol–water partition coefficient (Wildman–Crippen LogP) is 1.45. The Balaban J connectivity index is 1.82. The van der Waals surface area contributed by atoms with Gasteiger partial charge in [0.2, 0.25) is 0 Å². The number of nitrogens with two attached hydrogens (primary N) is 1. The fourth-order valence-electron chi connectivity index (χ4n) is 2.73. The molecule has 1 fully saturated rings. The fraction of sp³-hybridized carbons (Fsp3) is 0.588. The molecule has 1 aromatic carbocycles. The maximum Gasteiger partial charge on any atom is 0.188 e. The van der Waals surface area contributed by atoms with Gasteiger partial charge in [-0.3, -0.25) is 0 Å². The molecule has 0 spiro atoms. The highest BCUT2D eigenvalue weighted by Crippen LogP contribution is 2.27. The van der Waals surface area contributed by atoms with Crippen molar-refractivity contribution >= 4 is 5.96 Å². The Morgan fingerprint density at radius 2 is 1.96 bits per heavy atom. The minimum absolute atomic E-state index is 0.499. The zero-order valence-corrected chi connectivity index (χ0v) is 14.3. The zero-order valence-electron chi connectivity index (χ0n) is 14.3. The molecule has 3 N–H and O–H groups in total. The first-order chi connectivity index (χ1) is 11.1. The highest BCUT2D eigenvalue weighted by Gasteiger charge is 2.16. The summed E-state index contributed by atoms with van der Waals surface area (Å²) in [7, 11) is 5.42. The molecule has 2 rings (SSSR count). The average Bonchev–Trinajstić information content (AvgIpc) is 2.59. The molecule has 0 unspecified atom stereocenters. The average molecular weight is 320 g/mol. The van der Waals surface area contributed by atoms with E-state index in [-0.39, 0.29) is 0 Å². The number of nitrogens with zero attached hydrogens (tertiary/aromatic N) is 2. The van der Waals surface area contributed by atoms with Crippen LogP contribution >= 0.6 is 0 Å². The molecule has 6 nitrogen and oxygen atoms in total. The lowest BCUT2D eigenvalue weighted by Gasteiger charge is -2.29. The molecule has 23 heavy (non-hydrogen) atoms. The summed E-state index contributed by atoms with van der Waals surface area (Å²) in [6, 6.07) is 5.77. The Morgan fingerprint density at radius 1 is 1.26 bits per heavy atom. The van der Waals surface area contributed by atoms with E-state index in [2.05, 4.69) is 22.3 Å². The molecule has 0 bridgehead atoms. The second kappa shape index (κ2) is 8.62. The number of nitrogens with one attached hydrogen (secondary N) is 1. The Labute approximate surface area is 138 Å². The molecule has 1 aromatic rings. The van der Waals surface area contributed by atoms with Crippen molar-refractivity contribution in [2.75, 3.05) is 40.9 Å². The maximum absolute atomic E-state index is 5.97. The van der Waals surface area contributed by atoms with E-state index in [1.807, 2.05) is 18.2 Å². The molecule has 0 radical (unpaired) electrons. The van der Waals surface area contributed by atoms with Gasteiger partial charge in [0.15, 0.2) is 17.5 Å². The number of guanidine groups is 1. The van der Waals surface area contributed by atoms with Crippen molar-refractivity contribution in [3.63, 3.8) is 0 Å². The number of rotatable bonds is 6. The van der Waals surface area contributed by atoms with E-state index >= 15 is 0 Å². The van der Waals surface area contributed by atoms with E-state index < -0.39 is 0 Å². The Kier molecular flexibility index (Phi) is 6.52. The van der Waals surface area contributed by atoms with Crippen molar-refractivity contribution in [3.8, 4) is 11.5 Å². The highest BCUT2D eigenvalue weighted by molar-refractivity contribution is 5.77. The third kappa shape index (κ3) is 5.32. The third-order valence-corrected chi connectivity index (χ3v) is 4.29. The number of benzene rings is 1. The molecular weight excluding hydrogens is 292 g/mol. The molecule has 1 heterocycles. The molecule has 0 atom stereocenters. The molecule has 1 aliphatic rings. The molecule has 128 valence electrons. The lowest BCUT2D eigenvalue weighted by atomic mass is 9.97. The number of methoxy groups -OCH3 is 2. The van der Waals surface area contributed by atoms with E-state index in [1.54, 1.807) is 14.2 Å². The molecule has 6 heteroatoms. The third-order valence-electron chi connectivity index (χ3n) is 4.29. The van der Waals surface area contributed by atoms with Crippen LogP contribution in [0.1, 0.15) is 18.4 Å². The monoisotopic (exact) mass is 320 g/mol. The molecule has 1 saturated heterocycles. The lowest BCUT2D eigenvalue weighted by molar-refractivity contribution is 0.220. The zero-order chi connectivity index (χ0) is 16.7. The summed E-state index contributed by atoms with van der Waals surface area (Å²) in [5.41, 5.74) is 7.00. The summed E-state index contributed by atoms with van der Waals surface area (Å²) in [5, 5.41) is 3.24. The minimum atomic E-state index is 0.499. The van der Waals surface area contributed by atoms with Gasteiger partial charge in [0.05, 0.1) is 20.8 Å². The largest absolute Gasteiger partial charge is 0.493 e. The van der Waals surface area contributed by atoms with E-state index in [0.717, 1.165) is 25.2 Å². The van der Waals surface area contributed by atoms with E-state index in [0.29, 0.717) is 29.9 Å². The van der Waals surface area contributed by atoms with Crippen molar-refractivity contribution in [2.45, 2.75) is 19.4 Å². The number of piperidine rings is 1. The summed E-state index contributed by atoms with van der Waals surface area (Å²) >= 11 is 0. The van der Waals surface area contributed by atoms with Gasteiger partial charge in [-0.2, -0.15) is 0 Å². The van der Waals surface area contributed by atoms with E-state index in [1.165, 1.54) is 12.8 Å². The minimum Gasteiger partial charge on any atom is -0.493 e. The highest BCUT2D eigenvalue weighted by atomic mass is 16.5. The number of likely N-dealkylation sites (tertiary alicyclic amines) is 1. The van der Waals surface area contributed by atoms with Crippen LogP contribution in [0.4, 0.5) is 0 Å². The second-order valence-electron chi connectivity index (χ2n) is 6.02. The van der Waals surface area contributed by atoms with Crippen molar-refractivity contribution < 1.29 is 9.47 Å². The summed E-state index contributed by atoms with van der Waals surface area (Å²) in [5.74, 6) is 2.60. The van der Waals surface area contributed by atoms with Gasteiger partial charge in [0, 0.05) is 6.54 Å². The van der Waals surface area contributed by atoms with Gasteiger partial charge in [-0.25, -0.2) is 4.99 Å². The van der Waals surface area contributed by atoms with Crippen LogP contribution in [0.2, 0.25) is 0 Å². The van der Waals surface area contributed by atoms with Crippen LogP contribution in [0, 0.1) is 5.92 Å². The van der Waals surface area contributed by atoms with Gasteiger partial charge in [0.1, 0.15) is 0 Å². The molecule has 0 amide bonds. The Morgan fingerprint density at radius 3 is 2.61 bits per heavy atom. The van der Waals surface area contributed by atoms with Gasteiger partial charge in [-0.15, -0.1) is 0 Å². The summed E-state index contributed by atoms with van der Waals surface area (Å²) < 4.78 is 10.5. The maximum atomic E-state index is 5.97. The van der Waals surface area contributed by atoms with E-state index in [9.17, 15) is 0 Å². The number of hydrogen-bond acceptors (Lipinski definition) is 4. The standard InChI is InChI=1S/C17H28N4O2/c1-21-8-6-13(7-9-21)11-19-17(18)20-12-14-4-5-15(22-2)16(10-14)23-3/h4-5,10,13H,6-9,11-12H2,1-3H3,(H3,18,19,20).